The first-order chi connectivity index (χ1) is 9.15. The van der Waals surface area contributed by atoms with E-state index in [-0.39, 0.29) is 11.9 Å². The maximum absolute atomic E-state index is 12.0. The Hall–Kier alpha value is -1.17. The van der Waals surface area contributed by atoms with Gasteiger partial charge in [-0.25, -0.2) is 0 Å². The molecule has 0 aliphatic carbocycles. The molecule has 1 heterocycles. The lowest BCUT2D eigenvalue weighted by molar-refractivity contribution is -0.117. The van der Waals surface area contributed by atoms with Gasteiger partial charge in [0, 0.05) is 17.1 Å². The van der Waals surface area contributed by atoms with Crippen molar-refractivity contribution in [3.8, 4) is 0 Å². The fourth-order valence-corrected chi connectivity index (χ4v) is 3.00. The van der Waals surface area contributed by atoms with Gasteiger partial charge in [-0.05, 0) is 47.1 Å². The van der Waals surface area contributed by atoms with Crippen molar-refractivity contribution < 1.29 is 4.79 Å². The molecule has 0 saturated carbocycles. The summed E-state index contributed by atoms with van der Waals surface area (Å²) in [7, 11) is 0. The second-order valence-electron chi connectivity index (χ2n) is 4.16. The van der Waals surface area contributed by atoms with E-state index in [1.807, 2.05) is 49.4 Å². The molecule has 0 radical (unpaired) electrons. The summed E-state index contributed by atoms with van der Waals surface area (Å²) >= 11 is 5.09. The third-order valence-electron chi connectivity index (χ3n) is 2.65. The molecule has 0 bridgehead atoms. The van der Waals surface area contributed by atoms with Crippen molar-refractivity contribution in [1.82, 2.24) is 5.32 Å². The van der Waals surface area contributed by atoms with Gasteiger partial charge in [-0.15, -0.1) is 11.3 Å². The van der Waals surface area contributed by atoms with Gasteiger partial charge in [-0.3, -0.25) is 4.79 Å². The normalized spacial score (nSPS) is 12.1. The van der Waals surface area contributed by atoms with Gasteiger partial charge in [0.25, 0.3) is 0 Å². The van der Waals surface area contributed by atoms with Crippen LogP contribution in [-0.4, -0.2) is 11.9 Å². The minimum Gasteiger partial charge on any atom is -0.325 e. The van der Waals surface area contributed by atoms with E-state index in [0.717, 1.165) is 9.47 Å². The van der Waals surface area contributed by atoms with E-state index in [4.69, 9.17) is 0 Å². The van der Waals surface area contributed by atoms with Crippen LogP contribution in [0.3, 0.4) is 0 Å². The summed E-state index contributed by atoms with van der Waals surface area (Å²) in [6.45, 7) is 2.56. The van der Waals surface area contributed by atoms with Crippen LogP contribution >= 0.6 is 27.3 Å². The fraction of sp³-hybridized carbons (Fsp3) is 0.214. The Morgan fingerprint density at radius 1 is 1.26 bits per heavy atom. The molecule has 100 valence electrons. The minimum absolute atomic E-state index is 0.0261. The Balaban J connectivity index is 1.82. The molecule has 2 aromatic rings. The van der Waals surface area contributed by atoms with Gasteiger partial charge in [0.2, 0.25) is 5.91 Å². The van der Waals surface area contributed by atoms with E-state index in [9.17, 15) is 4.79 Å². The van der Waals surface area contributed by atoms with Crippen molar-refractivity contribution in [1.29, 1.82) is 0 Å². The summed E-state index contributed by atoms with van der Waals surface area (Å²) in [5, 5.41) is 6.09. The summed E-state index contributed by atoms with van der Waals surface area (Å²) in [6.07, 6.45) is 0. The van der Waals surface area contributed by atoms with Gasteiger partial charge in [-0.1, -0.05) is 18.2 Å². The second-order valence-corrected chi connectivity index (χ2v) is 6.71. The highest BCUT2D eigenvalue weighted by Gasteiger charge is 2.12. The number of carbonyl (C=O) groups excluding carboxylic acids is 1. The first kappa shape index (κ1) is 14.2. The number of thiophene rings is 1. The second kappa shape index (κ2) is 6.84. The maximum Gasteiger partial charge on any atom is 0.241 e. The van der Waals surface area contributed by atoms with Gasteiger partial charge < -0.3 is 10.6 Å². The first-order valence-electron chi connectivity index (χ1n) is 5.98. The molecule has 1 atom stereocenters. The summed E-state index contributed by atoms with van der Waals surface area (Å²) in [5.41, 5.74) is 0.819. The highest BCUT2D eigenvalue weighted by atomic mass is 79.9. The van der Waals surface area contributed by atoms with E-state index >= 15 is 0 Å². The topological polar surface area (TPSA) is 41.1 Å². The van der Waals surface area contributed by atoms with Crippen LogP contribution in [0.4, 0.5) is 5.69 Å². The van der Waals surface area contributed by atoms with Gasteiger partial charge in [-0.2, -0.15) is 0 Å². The predicted molar refractivity (Wildman–Crippen MR) is 83.4 cm³/mol. The SMILES string of the molecule is CC(NCc1ccc(Br)s1)C(=O)Nc1ccccc1. The van der Waals surface area contributed by atoms with Crippen LogP contribution in [0.1, 0.15) is 11.8 Å². The smallest absolute Gasteiger partial charge is 0.241 e. The van der Waals surface area contributed by atoms with Gasteiger partial charge in [0.05, 0.1) is 9.83 Å². The Morgan fingerprint density at radius 2 is 2.00 bits per heavy atom. The molecule has 0 fully saturated rings. The molecule has 1 amide bonds. The summed E-state index contributed by atoms with van der Waals surface area (Å²) in [4.78, 5) is 13.2. The highest BCUT2D eigenvalue weighted by molar-refractivity contribution is 9.11. The Kier molecular flexibility index (Phi) is 5.13. The van der Waals surface area contributed by atoms with Crippen molar-refractivity contribution in [2.24, 2.45) is 0 Å². The number of benzene rings is 1. The average Bonchev–Trinajstić information content (AvgIpc) is 2.83. The lowest BCUT2D eigenvalue weighted by Gasteiger charge is -2.13. The van der Waals surface area contributed by atoms with E-state index in [1.165, 1.54) is 4.88 Å². The summed E-state index contributed by atoms with van der Waals surface area (Å²) in [5.74, 6) is -0.0261. The standard InChI is InChI=1S/C14H15BrN2OS/c1-10(16-9-12-7-8-13(15)19-12)14(18)17-11-5-3-2-4-6-11/h2-8,10,16H,9H2,1H3,(H,17,18). The van der Waals surface area contributed by atoms with Crippen molar-refractivity contribution in [2.75, 3.05) is 5.32 Å². The van der Waals surface area contributed by atoms with Crippen LogP contribution in [0, 0.1) is 0 Å². The number of rotatable bonds is 5. The molecule has 0 aliphatic heterocycles. The molecule has 2 N–H and O–H groups in total. The van der Waals surface area contributed by atoms with Crippen molar-refractivity contribution in [3.05, 3.63) is 51.1 Å². The molecule has 3 nitrogen and oxygen atoms in total. The third kappa shape index (κ3) is 4.45. The summed E-state index contributed by atoms with van der Waals surface area (Å²) < 4.78 is 1.10. The summed E-state index contributed by atoms with van der Waals surface area (Å²) in [6, 6.07) is 13.3. The Labute approximate surface area is 125 Å². The van der Waals surface area contributed by atoms with Gasteiger partial charge in [0.1, 0.15) is 0 Å². The lowest BCUT2D eigenvalue weighted by atomic mass is 10.2. The fourth-order valence-electron chi connectivity index (χ4n) is 1.57. The number of hydrogen-bond donors (Lipinski definition) is 2. The van der Waals surface area contributed by atoms with E-state index < -0.39 is 0 Å². The number of halogens is 1. The molecule has 1 aromatic heterocycles. The maximum atomic E-state index is 12.0. The zero-order valence-corrected chi connectivity index (χ0v) is 12.9. The van der Waals surface area contributed by atoms with Crippen LogP contribution in [-0.2, 0) is 11.3 Å². The van der Waals surface area contributed by atoms with Crippen molar-refractivity contribution in [2.45, 2.75) is 19.5 Å². The van der Waals surface area contributed by atoms with E-state index in [2.05, 4.69) is 26.6 Å². The number of amides is 1. The molecular formula is C14H15BrN2OS. The van der Waals surface area contributed by atoms with Gasteiger partial charge in [0.15, 0.2) is 0 Å². The number of anilines is 1. The van der Waals surface area contributed by atoms with Crippen LogP contribution in [0.15, 0.2) is 46.3 Å². The largest absolute Gasteiger partial charge is 0.325 e. The highest BCUT2D eigenvalue weighted by Crippen LogP contribution is 2.21. The monoisotopic (exact) mass is 338 g/mol. The van der Waals surface area contributed by atoms with Crippen LogP contribution in [0.5, 0.6) is 0 Å². The Bertz CT molecular complexity index is 541. The number of carbonyl (C=O) groups is 1. The first-order valence-corrected chi connectivity index (χ1v) is 7.59. The Morgan fingerprint density at radius 3 is 2.63 bits per heavy atom. The van der Waals surface area contributed by atoms with Crippen LogP contribution in [0.2, 0.25) is 0 Å². The lowest BCUT2D eigenvalue weighted by Crippen LogP contribution is -2.37. The minimum atomic E-state index is -0.235. The average molecular weight is 339 g/mol. The van der Waals surface area contributed by atoms with E-state index in [1.54, 1.807) is 11.3 Å². The molecule has 0 saturated heterocycles. The molecule has 5 heteroatoms. The number of nitrogens with one attached hydrogen (secondary N) is 2. The zero-order chi connectivity index (χ0) is 13.7. The molecule has 1 aromatic carbocycles. The number of para-hydroxylation sites is 1. The predicted octanol–water partition coefficient (Wildman–Crippen LogP) is 3.63. The molecule has 0 spiro atoms. The zero-order valence-electron chi connectivity index (χ0n) is 10.5. The van der Waals surface area contributed by atoms with Crippen molar-refractivity contribution >= 4 is 38.9 Å². The van der Waals surface area contributed by atoms with Crippen LogP contribution < -0.4 is 10.6 Å². The van der Waals surface area contributed by atoms with E-state index in [0.29, 0.717) is 6.54 Å². The molecule has 19 heavy (non-hydrogen) atoms. The van der Waals surface area contributed by atoms with Gasteiger partial charge >= 0.3 is 0 Å². The molecule has 1 unspecified atom stereocenters. The molecular weight excluding hydrogens is 324 g/mol. The third-order valence-corrected chi connectivity index (χ3v) is 4.27. The number of hydrogen-bond acceptors (Lipinski definition) is 3. The van der Waals surface area contributed by atoms with Crippen molar-refractivity contribution in [3.63, 3.8) is 0 Å². The molecule has 2 rings (SSSR count). The quantitative estimate of drug-likeness (QED) is 0.873. The molecule has 0 aliphatic rings. The van der Waals surface area contributed by atoms with Crippen LogP contribution in [0.25, 0.3) is 0 Å².